The molecule has 6 heteroatoms. The van der Waals surface area contributed by atoms with E-state index in [2.05, 4.69) is 48.2 Å². The van der Waals surface area contributed by atoms with Crippen molar-refractivity contribution in [1.29, 1.82) is 0 Å². The first kappa shape index (κ1) is 22.8. The van der Waals surface area contributed by atoms with E-state index in [9.17, 15) is 4.79 Å². The number of benzene rings is 1. The summed E-state index contributed by atoms with van der Waals surface area (Å²) in [5.41, 5.74) is 6.00. The molecule has 1 aromatic carbocycles. The summed E-state index contributed by atoms with van der Waals surface area (Å²) in [6.45, 7) is 8.50. The van der Waals surface area contributed by atoms with Crippen LogP contribution in [0.5, 0.6) is 0 Å². The molecule has 2 atom stereocenters. The summed E-state index contributed by atoms with van der Waals surface area (Å²) < 4.78 is 0. The average Bonchev–Trinajstić information content (AvgIpc) is 3.26. The van der Waals surface area contributed by atoms with E-state index in [1.165, 1.54) is 19.3 Å². The Labute approximate surface area is 196 Å². The van der Waals surface area contributed by atoms with Gasteiger partial charge in [-0.2, -0.15) is 0 Å². The van der Waals surface area contributed by atoms with Crippen LogP contribution in [-0.2, 0) is 10.2 Å². The van der Waals surface area contributed by atoms with Crippen molar-refractivity contribution in [3.63, 3.8) is 0 Å². The fraction of sp³-hybridized carbons (Fsp3) is 0.500. The fourth-order valence-electron chi connectivity index (χ4n) is 4.55. The first-order chi connectivity index (χ1) is 15.2. The van der Waals surface area contributed by atoms with E-state index in [4.69, 9.17) is 17.6 Å². The molecule has 0 radical (unpaired) electrons. The molecule has 1 aliphatic rings. The van der Waals surface area contributed by atoms with E-state index in [0.717, 1.165) is 46.4 Å². The van der Waals surface area contributed by atoms with Crippen molar-refractivity contribution in [1.82, 2.24) is 20.3 Å². The Morgan fingerprint density at radius 3 is 2.62 bits per heavy atom. The predicted octanol–water partition coefficient (Wildman–Crippen LogP) is 6.15. The summed E-state index contributed by atoms with van der Waals surface area (Å²) in [5.74, 6) is 0.100. The molecule has 2 heterocycles. The molecule has 1 aliphatic carbocycles. The van der Waals surface area contributed by atoms with Gasteiger partial charge in [-0.25, -0.2) is 4.98 Å². The summed E-state index contributed by atoms with van der Waals surface area (Å²) in [5, 5.41) is 2.74. The van der Waals surface area contributed by atoms with Crippen molar-refractivity contribution in [3.05, 3.63) is 59.2 Å². The van der Waals surface area contributed by atoms with Crippen molar-refractivity contribution in [2.45, 2.75) is 82.4 Å². The molecule has 0 bridgehead atoms. The van der Waals surface area contributed by atoms with Gasteiger partial charge in [-0.1, -0.05) is 52.2 Å². The predicted molar refractivity (Wildman–Crippen MR) is 133 cm³/mol. The number of nitrogens with one attached hydrogen (secondary N) is 2. The molecular weight excluding hydrogens is 416 g/mol. The Morgan fingerprint density at radius 2 is 1.91 bits per heavy atom. The number of aromatic nitrogens is 3. The number of aromatic amines is 1. The molecule has 2 unspecified atom stereocenters. The van der Waals surface area contributed by atoms with Crippen molar-refractivity contribution in [3.8, 4) is 0 Å². The lowest BCUT2D eigenvalue weighted by Crippen LogP contribution is -2.31. The molecular formula is C26H34N4OS. The normalized spacial score (nSPS) is 17.3. The molecule has 4 rings (SSSR count). The Bertz CT molecular complexity index is 1090. The van der Waals surface area contributed by atoms with Gasteiger partial charge < -0.3 is 10.3 Å². The average molecular weight is 451 g/mol. The van der Waals surface area contributed by atoms with Gasteiger partial charge in [0.05, 0.1) is 28.7 Å². The first-order valence-corrected chi connectivity index (χ1v) is 12.2. The van der Waals surface area contributed by atoms with Gasteiger partial charge in [0.1, 0.15) is 0 Å². The Hall–Kier alpha value is -2.34. The summed E-state index contributed by atoms with van der Waals surface area (Å²) in [7, 11) is 0. The number of amides is 1. The van der Waals surface area contributed by atoms with Crippen LogP contribution < -0.4 is 5.32 Å². The van der Waals surface area contributed by atoms with E-state index < -0.39 is 0 Å². The summed E-state index contributed by atoms with van der Waals surface area (Å²) in [6, 6.07) is 10.1. The number of H-pyrrole nitrogens is 1. The van der Waals surface area contributed by atoms with Crippen LogP contribution in [0.2, 0.25) is 0 Å². The third-order valence-corrected chi connectivity index (χ3v) is 7.04. The third-order valence-electron chi connectivity index (χ3n) is 6.63. The Balaban J connectivity index is 1.57. The molecule has 2 aromatic heterocycles. The van der Waals surface area contributed by atoms with Crippen molar-refractivity contribution in [2.75, 3.05) is 0 Å². The van der Waals surface area contributed by atoms with Gasteiger partial charge in [0.25, 0.3) is 0 Å². The number of carbonyl (C=O) groups is 1. The zero-order valence-electron chi connectivity index (χ0n) is 19.5. The van der Waals surface area contributed by atoms with E-state index in [0.29, 0.717) is 5.92 Å². The van der Waals surface area contributed by atoms with Crippen molar-refractivity contribution in [2.24, 2.45) is 0 Å². The molecule has 0 saturated heterocycles. The topological polar surface area (TPSA) is 70.7 Å². The second-order valence-corrected chi connectivity index (χ2v) is 10.6. The SMILES string of the molecule is CC(C(=O)NC(S)c1ccc(C(C)(C)C)nc1C1CCCCC1)c1ccc2nc[nH]c2c1. The molecule has 1 fully saturated rings. The minimum Gasteiger partial charge on any atom is -0.345 e. The Kier molecular flexibility index (Phi) is 6.61. The molecule has 1 amide bonds. The number of carbonyl (C=O) groups excluding carboxylic acids is 1. The van der Waals surface area contributed by atoms with Gasteiger partial charge in [0.15, 0.2) is 0 Å². The highest BCUT2D eigenvalue weighted by atomic mass is 32.1. The standard InChI is InChI=1S/C26H34N4OS/c1-16(18-10-12-20-21(14-18)28-15-27-20)24(31)30-25(32)19-11-13-22(26(2,3)4)29-23(19)17-8-6-5-7-9-17/h10-17,25,32H,5-9H2,1-4H3,(H,27,28)(H,30,31). The maximum atomic E-state index is 13.1. The highest BCUT2D eigenvalue weighted by molar-refractivity contribution is 7.80. The molecule has 32 heavy (non-hydrogen) atoms. The van der Waals surface area contributed by atoms with Gasteiger partial charge in [-0.05, 0) is 43.5 Å². The maximum Gasteiger partial charge on any atom is 0.228 e. The monoisotopic (exact) mass is 450 g/mol. The molecule has 2 N–H and O–H groups in total. The number of thiol groups is 1. The van der Waals surface area contributed by atoms with Gasteiger partial charge in [-0.3, -0.25) is 9.78 Å². The zero-order valence-corrected chi connectivity index (χ0v) is 20.4. The molecule has 1 saturated carbocycles. The van der Waals surface area contributed by atoms with Gasteiger partial charge in [0.2, 0.25) is 5.91 Å². The maximum absolute atomic E-state index is 13.1. The minimum atomic E-state index is -0.390. The van der Waals surface area contributed by atoms with Gasteiger partial charge in [0, 0.05) is 28.3 Å². The fourth-order valence-corrected chi connectivity index (χ4v) is 4.89. The lowest BCUT2D eigenvalue weighted by molar-refractivity contribution is -0.122. The molecule has 0 aliphatic heterocycles. The number of nitrogens with zero attached hydrogens (tertiary/aromatic N) is 2. The van der Waals surface area contributed by atoms with Gasteiger partial charge >= 0.3 is 0 Å². The number of rotatable bonds is 5. The number of fused-ring (bicyclic) bond motifs is 1. The molecule has 5 nitrogen and oxygen atoms in total. The van der Waals surface area contributed by atoms with Crippen LogP contribution >= 0.6 is 12.6 Å². The van der Waals surface area contributed by atoms with Crippen LogP contribution in [0.4, 0.5) is 0 Å². The second kappa shape index (κ2) is 9.26. The number of hydrogen-bond donors (Lipinski definition) is 3. The van der Waals surface area contributed by atoms with Crippen LogP contribution in [0.1, 0.15) is 99.5 Å². The molecule has 170 valence electrons. The van der Waals surface area contributed by atoms with Crippen LogP contribution in [0.15, 0.2) is 36.7 Å². The smallest absolute Gasteiger partial charge is 0.228 e. The van der Waals surface area contributed by atoms with Crippen molar-refractivity contribution < 1.29 is 4.79 Å². The number of pyridine rings is 1. The first-order valence-electron chi connectivity index (χ1n) is 11.7. The van der Waals surface area contributed by atoms with E-state index in [1.807, 2.05) is 25.1 Å². The van der Waals surface area contributed by atoms with Crippen LogP contribution in [-0.4, -0.2) is 20.9 Å². The van der Waals surface area contributed by atoms with E-state index in [-0.39, 0.29) is 22.6 Å². The van der Waals surface area contributed by atoms with E-state index >= 15 is 0 Å². The summed E-state index contributed by atoms with van der Waals surface area (Å²) in [4.78, 5) is 25.6. The minimum absolute atomic E-state index is 0.0167. The van der Waals surface area contributed by atoms with Gasteiger partial charge in [-0.15, -0.1) is 12.6 Å². The van der Waals surface area contributed by atoms with E-state index in [1.54, 1.807) is 6.33 Å². The summed E-state index contributed by atoms with van der Waals surface area (Å²) in [6.07, 6.45) is 7.75. The molecule has 0 spiro atoms. The Morgan fingerprint density at radius 1 is 1.16 bits per heavy atom. The van der Waals surface area contributed by atoms with Crippen molar-refractivity contribution >= 4 is 29.6 Å². The quantitative estimate of drug-likeness (QED) is 0.322. The van der Waals surface area contributed by atoms with Crippen LogP contribution in [0.3, 0.4) is 0 Å². The number of imidazole rings is 1. The largest absolute Gasteiger partial charge is 0.345 e. The molecule has 3 aromatic rings. The highest BCUT2D eigenvalue weighted by Gasteiger charge is 2.27. The second-order valence-electron chi connectivity index (χ2n) is 10.1. The lowest BCUT2D eigenvalue weighted by Gasteiger charge is -2.28. The van der Waals surface area contributed by atoms with Crippen LogP contribution in [0, 0.1) is 0 Å². The lowest BCUT2D eigenvalue weighted by atomic mass is 9.83. The number of hydrogen-bond acceptors (Lipinski definition) is 4. The van der Waals surface area contributed by atoms with Crippen LogP contribution in [0.25, 0.3) is 11.0 Å². The highest BCUT2D eigenvalue weighted by Crippen LogP contribution is 2.37. The zero-order chi connectivity index (χ0) is 22.9. The summed E-state index contributed by atoms with van der Waals surface area (Å²) >= 11 is 4.82. The third kappa shape index (κ3) is 4.85.